The highest BCUT2D eigenvalue weighted by atomic mass is 31.2. The summed E-state index contributed by atoms with van der Waals surface area (Å²) in [6, 6.07) is -0.910. The Bertz CT molecular complexity index is 1380. The summed E-state index contributed by atoms with van der Waals surface area (Å²) < 4.78 is 23.2. The van der Waals surface area contributed by atoms with Crippen LogP contribution in [0, 0.1) is 0 Å². The number of phosphoric ester groups is 1. The lowest BCUT2D eigenvalue weighted by Crippen LogP contribution is -2.45. The molecule has 0 spiro atoms. The SMILES string of the molecule is CC/C=C\C/C=C\C/C=C\C/C=C\CCCCCCCCCCCCCCCCCCCCCCCCC(=O)NC(COP(=O)([O-])OCC[N+](C)(C)C)C(O)/C=C/CC/C=C/CC/C=C/CCC. The van der Waals surface area contributed by atoms with Crippen molar-refractivity contribution in [2.45, 2.75) is 244 Å². The van der Waals surface area contributed by atoms with E-state index in [1.807, 2.05) is 27.2 Å². The van der Waals surface area contributed by atoms with Crippen LogP contribution in [0.25, 0.3) is 0 Å². The summed E-state index contributed by atoms with van der Waals surface area (Å²) in [4.78, 5) is 25.4. The van der Waals surface area contributed by atoms with Gasteiger partial charge in [-0.25, -0.2) is 0 Å². The average molecular weight is 971 g/mol. The van der Waals surface area contributed by atoms with Crippen molar-refractivity contribution in [2.24, 2.45) is 0 Å². The van der Waals surface area contributed by atoms with E-state index in [1.165, 1.54) is 135 Å². The fraction of sp³-hybridized carbons (Fsp3) is 0.746. The van der Waals surface area contributed by atoms with Crippen molar-refractivity contribution in [3.05, 3.63) is 85.1 Å². The molecule has 0 aromatic heterocycles. The Morgan fingerprint density at radius 1 is 0.529 bits per heavy atom. The summed E-state index contributed by atoms with van der Waals surface area (Å²) >= 11 is 0. The summed E-state index contributed by atoms with van der Waals surface area (Å²) in [5, 5.41) is 13.8. The highest BCUT2D eigenvalue weighted by Gasteiger charge is 2.23. The minimum atomic E-state index is -4.60. The van der Waals surface area contributed by atoms with E-state index in [1.54, 1.807) is 6.08 Å². The average Bonchev–Trinajstić information content (AvgIpc) is 3.30. The Balaban J connectivity index is 3.96. The van der Waals surface area contributed by atoms with Crippen LogP contribution in [-0.4, -0.2) is 68.5 Å². The summed E-state index contributed by atoms with van der Waals surface area (Å²) in [5.41, 5.74) is 0. The Hall–Kier alpha value is -2.32. The van der Waals surface area contributed by atoms with Gasteiger partial charge in [0.15, 0.2) is 0 Å². The number of rotatable bonds is 50. The molecule has 68 heavy (non-hydrogen) atoms. The predicted octanol–water partition coefficient (Wildman–Crippen LogP) is 16.2. The van der Waals surface area contributed by atoms with Crippen LogP contribution in [0.2, 0.25) is 0 Å². The predicted molar refractivity (Wildman–Crippen MR) is 293 cm³/mol. The number of allylic oxidation sites excluding steroid dienone is 13. The van der Waals surface area contributed by atoms with Crippen molar-refractivity contribution in [1.82, 2.24) is 5.32 Å². The summed E-state index contributed by atoms with van der Waals surface area (Å²) in [7, 11) is 1.23. The number of carbonyl (C=O) groups is 1. The normalized spacial score (nSPS) is 14.6. The molecule has 3 atom stereocenters. The van der Waals surface area contributed by atoms with Gasteiger partial charge in [0, 0.05) is 6.42 Å². The molecule has 9 heteroatoms. The van der Waals surface area contributed by atoms with Gasteiger partial charge in [-0.15, -0.1) is 0 Å². The first kappa shape index (κ1) is 65.7. The molecule has 0 aliphatic carbocycles. The number of phosphoric acid groups is 1. The van der Waals surface area contributed by atoms with E-state index in [9.17, 15) is 19.4 Å². The molecular formula is C59H107N2O6P. The molecule has 0 aromatic rings. The van der Waals surface area contributed by atoms with Crippen LogP contribution in [-0.2, 0) is 18.4 Å². The number of unbranched alkanes of at least 4 members (excludes halogenated alkanes) is 25. The lowest BCUT2D eigenvalue weighted by atomic mass is 10.0. The van der Waals surface area contributed by atoms with Gasteiger partial charge in [0.1, 0.15) is 13.2 Å². The van der Waals surface area contributed by atoms with Crippen molar-refractivity contribution in [2.75, 3.05) is 40.9 Å². The maximum absolute atomic E-state index is 12.9. The van der Waals surface area contributed by atoms with E-state index >= 15 is 0 Å². The van der Waals surface area contributed by atoms with Gasteiger partial charge in [-0.05, 0) is 77.0 Å². The largest absolute Gasteiger partial charge is 0.756 e. The number of hydrogen-bond donors (Lipinski definition) is 2. The van der Waals surface area contributed by atoms with E-state index in [0.717, 1.165) is 77.0 Å². The second kappa shape index (κ2) is 49.7. The van der Waals surface area contributed by atoms with E-state index in [0.29, 0.717) is 17.4 Å². The van der Waals surface area contributed by atoms with Gasteiger partial charge in [-0.2, -0.15) is 0 Å². The van der Waals surface area contributed by atoms with Crippen molar-refractivity contribution in [1.29, 1.82) is 0 Å². The van der Waals surface area contributed by atoms with Gasteiger partial charge in [-0.3, -0.25) is 9.36 Å². The maximum atomic E-state index is 12.9. The zero-order valence-corrected chi connectivity index (χ0v) is 45.7. The number of hydrogen-bond acceptors (Lipinski definition) is 6. The third kappa shape index (κ3) is 51.5. The lowest BCUT2D eigenvalue weighted by molar-refractivity contribution is -0.870. The van der Waals surface area contributed by atoms with E-state index in [2.05, 4.69) is 92.1 Å². The quantitative estimate of drug-likeness (QED) is 0.0272. The molecule has 0 aromatic carbocycles. The summed E-state index contributed by atoms with van der Waals surface area (Å²) in [6.07, 6.45) is 69.8. The van der Waals surface area contributed by atoms with Crippen LogP contribution in [0.3, 0.4) is 0 Å². The van der Waals surface area contributed by atoms with Gasteiger partial charge in [0.05, 0.1) is 39.9 Å². The smallest absolute Gasteiger partial charge is 0.268 e. The van der Waals surface area contributed by atoms with Gasteiger partial charge in [-0.1, -0.05) is 234 Å². The minimum Gasteiger partial charge on any atom is -0.756 e. The van der Waals surface area contributed by atoms with E-state index in [4.69, 9.17) is 9.05 Å². The van der Waals surface area contributed by atoms with Gasteiger partial charge in [0.25, 0.3) is 7.82 Å². The molecule has 0 saturated heterocycles. The third-order valence-corrected chi connectivity index (χ3v) is 13.0. The standard InChI is InChI=1S/C59H107N2O6P/c1-6-8-10-12-14-16-18-19-20-21-22-23-24-25-26-27-28-29-30-31-32-33-34-35-36-37-38-39-40-41-43-45-47-49-51-53-59(63)60-57(56-67-68(64,65)66-55-54-61(3,4)5)58(62)52-50-48-46-44-42-17-15-13-11-9-7-2/h8,10-11,13-14,16,19-20,22-23,42,44,50,52,57-58,62H,6-7,9,12,15,17-18,21,24-41,43,45-49,51,53-56H2,1-5H3,(H-,60,63,64,65)/b10-8-,13-11+,16-14-,20-19-,23-22-,44-42+,52-50+. The number of quaternary nitrogens is 1. The van der Waals surface area contributed by atoms with E-state index < -0.39 is 26.6 Å². The maximum Gasteiger partial charge on any atom is 0.268 e. The molecule has 0 bridgehead atoms. The molecule has 0 radical (unpaired) electrons. The fourth-order valence-corrected chi connectivity index (χ4v) is 8.44. The second-order valence-corrected chi connectivity index (χ2v) is 21.3. The first-order valence-electron chi connectivity index (χ1n) is 27.9. The third-order valence-electron chi connectivity index (χ3n) is 12.0. The van der Waals surface area contributed by atoms with Gasteiger partial charge in [0.2, 0.25) is 5.91 Å². The Morgan fingerprint density at radius 3 is 1.35 bits per heavy atom. The topological polar surface area (TPSA) is 108 Å². The number of aliphatic hydroxyl groups is 1. The number of aliphatic hydroxyl groups excluding tert-OH is 1. The number of nitrogens with one attached hydrogen (secondary N) is 1. The number of amides is 1. The molecule has 394 valence electrons. The molecule has 1 amide bonds. The summed E-state index contributed by atoms with van der Waals surface area (Å²) in [6.45, 7) is 4.43. The molecule has 0 aliphatic heterocycles. The molecule has 0 saturated carbocycles. The Morgan fingerprint density at radius 2 is 0.912 bits per heavy atom. The van der Waals surface area contributed by atoms with Crippen molar-refractivity contribution in [3.8, 4) is 0 Å². The Labute approximate surface area is 420 Å². The molecule has 8 nitrogen and oxygen atoms in total. The first-order chi connectivity index (χ1) is 33.0. The number of nitrogens with zero attached hydrogens (tertiary/aromatic N) is 1. The van der Waals surface area contributed by atoms with Crippen LogP contribution in [0.1, 0.15) is 232 Å². The van der Waals surface area contributed by atoms with Crippen LogP contribution in [0.15, 0.2) is 85.1 Å². The Kier molecular flexibility index (Phi) is 48.0. The zero-order chi connectivity index (χ0) is 49.9. The monoisotopic (exact) mass is 971 g/mol. The highest BCUT2D eigenvalue weighted by Crippen LogP contribution is 2.38. The second-order valence-electron chi connectivity index (χ2n) is 19.9. The van der Waals surface area contributed by atoms with Crippen LogP contribution in [0.5, 0.6) is 0 Å². The van der Waals surface area contributed by atoms with E-state index in [-0.39, 0.29) is 12.5 Å². The van der Waals surface area contributed by atoms with Crippen LogP contribution >= 0.6 is 7.82 Å². The zero-order valence-electron chi connectivity index (χ0n) is 44.8. The number of carbonyl (C=O) groups excluding carboxylic acids is 1. The lowest BCUT2D eigenvalue weighted by Gasteiger charge is -2.29. The fourth-order valence-electron chi connectivity index (χ4n) is 7.71. The van der Waals surface area contributed by atoms with Crippen molar-refractivity contribution >= 4 is 13.7 Å². The first-order valence-corrected chi connectivity index (χ1v) is 29.4. The van der Waals surface area contributed by atoms with Crippen LogP contribution < -0.4 is 10.2 Å². The number of likely N-dealkylation sites (N-methyl/N-ethyl adjacent to an activating group) is 1. The molecule has 0 fully saturated rings. The molecule has 3 unspecified atom stereocenters. The van der Waals surface area contributed by atoms with Crippen molar-refractivity contribution in [3.63, 3.8) is 0 Å². The van der Waals surface area contributed by atoms with Gasteiger partial charge < -0.3 is 28.8 Å². The molecule has 2 N–H and O–H groups in total. The highest BCUT2D eigenvalue weighted by molar-refractivity contribution is 7.45. The van der Waals surface area contributed by atoms with Crippen molar-refractivity contribution < 1.29 is 32.9 Å². The van der Waals surface area contributed by atoms with Crippen LogP contribution in [0.4, 0.5) is 0 Å². The van der Waals surface area contributed by atoms with Gasteiger partial charge >= 0.3 is 0 Å². The molecule has 0 rings (SSSR count). The summed E-state index contributed by atoms with van der Waals surface area (Å²) in [5.74, 6) is -0.213. The molecular weight excluding hydrogens is 864 g/mol. The molecule has 0 heterocycles. The minimum absolute atomic E-state index is 0.0107. The molecule has 0 aliphatic rings.